The Bertz CT molecular complexity index is 737. The zero-order valence-corrected chi connectivity index (χ0v) is 14.5. The van der Waals surface area contributed by atoms with E-state index in [0.717, 1.165) is 24.3 Å². The van der Waals surface area contributed by atoms with E-state index in [1.54, 1.807) is 6.07 Å². The Morgan fingerprint density at radius 3 is 2.38 bits per heavy atom. The quantitative estimate of drug-likeness (QED) is 0.837. The van der Waals surface area contributed by atoms with Crippen LogP contribution in [0.5, 0.6) is 0 Å². The van der Waals surface area contributed by atoms with Gasteiger partial charge >= 0.3 is 0 Å². The van der Waals surface area contributed by atoms with Gasteiger partial charge in [0.25, 0.3) is 5.91 Å². The number of nitrogens with zero attached hydrogens (tertiary/aromatic N) is 1. The number of nitrogens with one attached hydrogen (secondary N) is 2. The molecule has 0 unspecified atom stereocenters. The van der Waals surface area contributed by atoms with Crippen LogP contribution < -0.4 is 15.5 Å². The molecule has 0 bridgehead atoms. The lowest BCUT2D eigenvalue weighted by Gasteiger charge is -2.18. The van der Waals surface area contributed by atoms with Crippen LogP contribution in [0.2, 0.25) is 0 Å². The average molecular weight is 339 g/mol. The molecule has 1 aliphatic heterocycles. The summed E-state index contributed by atoms with van der Waals surface area (Å²) < 4.78 is 0. The summed E-state index contributed by atoms with van der Waals surface area (Å²) in [5, 5.41) is 6.09. The highest BCUT2D eigenvalue weighted by Crippen LogP contribution is 2.22. The maximum absolute atomic E-state index is 12.2. The summed E-state index contributed by atoms with van der Waals surface area (Å²) in [5.74, 6) is -0.195. The summed E-state index contributed by atoms with van der Waals surface area (Å²) in [5.41, 5.74) is 3.65. The summed E-state index contributed by atoms with van der Waals surface area (Å²) in [6.07, 6.45) is 2.52. The molecule has 0 saturated carbocycles. The summed E-state index contributed by atoms with van der Waals surface area (Å²) >= 11 is 5.24. The number of hydrogen-bond acceptors (Lipinski definition) is 3. The largest absolute Gasteiger partial charge is 0.372 e. The number of rotatable bonds is 3. The van der Waals surface area contributed by atoms with Gasteiger partial charge in [-0.1, -0.05) is 18.2 Å². The van der Waals surface area contributed by atoms with Crippen LogP contribution in [0.25, 0.3) is 0 Å². The lowest BCUT2D eigenvalue weighted by atomic mass is 10.1. The molecule has 2 N–H and O–H groups in total. The van der Waals surface area contributed by atoms with Crippen molar-refractivity contribution in [2.24, 2.45) is 0 Å². The zero-order valence-electron chi connectivity index (χ0n) is 13.7. The molecule has 1 amide bonds. The first-order valence-corrected chi connectivity index (χ1v) is 8.57. The van der Waals surface area contributed by atoms with E-state index in [-0.39, 0.29) is 5.91 Å². The van der Waals surface area contributed by atoms with E-state index in [1.165, 1.54) is 18.5 Å². The molecule has 1 fully saturated rings. The topological polar surface area (TPSA) is 44.4 Å². The Labute approximate surface area is 147 Å². The van der Waals surface area contributed by atoms with Crippen LogP contribution in [0.4, 0.5) is 11.4 Å². The number of aryl methyl sites for hydroxylation is 1. The van der Waals surface area contributed by atoms with Gasteiger partial charge in [0.1, 0.15) is 0 Å². The predicted octanol–water partition coefficient (Wildman–Crippen LogP) is 3.72. The first-order valence-electron chi connectivity index (χ1n) is 8.16. The maximum Gasteiger partial charge on any atom is 0.257 e. The number of hydrogen-bond donors (Lipinski definition) is 2. The summed E-state index contributed by atoms with van der Waals surface area (Å²) in [7, 11) is 0. The van der Waals surface area contributed by atoms with Crippen LogP contribution in [0.3, 0.4) is 0 Å². The molecule has 1 aliphatic rings. The van der Waals surface area contributed by atoms with Crippen LogP contribution in [0.15, 0.2) is 48.5 Å². The summed E-state index contributed by atoms with van der Waals surface area (Å²) in [6.45, 7) is 4.15. The molecule has 3 rings (SSSR count). The molecule has 1 heterocycles. The molecule has 24 heavy (non-hydrogen) atoms. The van der Waals surface area contributed by atoms with Crippen LogP contribution in [0.1, 0.15) is 28.8 Å². The Morgan fingerprint density at radius 1 is 1.04 bits per heavy atom. The van der Waals surface area contributed by atoms with E-state index in [0.29, 0.717) is 10.7 Å². The van der Waals surface area contributed by atoms with Crippen molar-refractivity contribution in [3.8, 4) is 0 Å². The van der Waals surface area contributed by atoms with E-state index in [9.17, 15) is 4.79 Å². The van der Waals surface area contributed by atoms with Crippen LogP contribution in [-0.4, -0.2) is 24.1 Å². The van der Waals surface area contributed by atoms with E-state index >= 15 is 0 Å². The van der Waals surface area contributed by atoms with Gasteiger partial charge in [-0.3, -0.25) is 10.1 Å². The first-order chi connectivity index (χ1) is 11.6. The van der Waals surface area contributed by atoms with Gasteiger partial charge in [-0.05, 0) is 67.9 Å². The molecule has 2 aromatic rings. The Morgan fingerprint density at radius 2 is 1.71 bits per heavy atom. The number of carbonyl (C=O) groups is 1. The Hall–Kier alpha value is -2.40. The molecular weight excluding hydrogens is 318 g/mol. The number of carbonyl (C=O) groups excluding carboxylic acids is 1. The van der Waals surface area contributed by atoms with Gasteiger partial charge in [0, 0.05) is 30.0 Å². The molecule has 0 radical (unpaired) electrons. The van der Waals surface area contributed by atoms with E-state index in [2.05, 4.69) is 27.7 Å². The highest BCUT2D eigenvalue weighted by Gasteiger charge is 2.12. The first kappa shape index (κ1) is 16.5. The van der Waals surface area contributed by atoms with E-state index in [4.69, 9.17) is 12.2 Å². The number of anilines is 2. The normalized spacial score (nSPS) is 13.6. The molecule has 0 spiro atoms. The molecule has 1 saturated heterocycles. The van der Waals surface area contributed by atoms with Gasteiger partial charge < -0.3 is 10.2 Å². The second-order valence-corrected chi connectivity index (χ2v) is 6.37. The Balaban J connectivity index is 1.58. The van der Waals surface area contributed by atoms with Gasteiger partial charge in [-0.2, -0.15) is 0 Å². The Kier molecular flexibility index (Phi) is 5.11. The second-order valence-electron chi connectivity index (χ2n) is 5.96. The van der Waals surface area contributed by atoms with Crippen molar-refractivity contribution in [2.45, 2.75) is 19.8 Å². The van der Waals surface area contributed by atoms with Crippen molar-refractivity contribution in [3.05, 3.63) is 59.7 Å². The molecule has 2 aromatic carbocycles. The summed E-state index contributed by atoms with van der Waals surface area (Å²) in [4.78, 5) is 14.6. The zero-order chi connectivity index (χ0) is 16.9. The van der Waals surface area contributed by atoms with Crippen molar-refractivity contribution in [1.29, 1.82) is 0 Å². The number of benzene rings is 2. The highest BCUT2D eigenvalue weighted by molar-refractivity contribution is 7.80. The van der Waals surface area contributed by atoms with Crippen LogP contribution in [-0.2, 0) is 0 Å². The van der Waals surface area contributed by atoms with Gasteiger partial charge in [-0.25, -0.2) is 0 Å². The third-order valence-electron chi connectivity index (χ3n) is 4.21. The molecule has 0 atom stereocenters. The SMILES string of the molecule is Cc1ccccc1C(=O)NC(=S)Nc1ccc(N2CCCC2)cc1. The molecule has 5 heteroatoms. The minimum atomic E-state index is -0.195. The third-order valence-corrected chi connectivity index (χ3v) is 4.42. The lowest BCUT2D eigenvalue weighted by molar-refractivity contribution is 0.0977. The van der Waals surface area contributed by atoms with Crippen molar-refractivity contribution < 1.29 is 4.79 Å². The lowest BCUT2D eigenvalue weighted by Crippen LogP contribution is -2.34. The molecule has 4 nitrogen and oxygen atoms in total. The average Bonchev–Trinajstić information content (AvgIpc) is 3.10. The van der Waals surface area contributed by atoms with Crippen molar-refractivity contribution in [3.63, 3.8) is 0 Å². The fraction of sp³-hybridized carbons (Fsp3) is 0.263. The fourth-order valence-corrected chi connectivity index (χ4v) is 3.10. The van der Waals surface area contributed by atoms with E-state index < -0.39 is 0 Å². The fourth-order valence-electron chi connectivity index (χ4n) is 2.89. The van der Waals surface area contributed by atoms with Crippen molar-refractivity contribution in [2.75, 3.05) is 23.3 Å². The molecule has 124 valence electrons. The van der Waals surface area contributed by atoms with Gasteiger partial charge in [0.2, 0.25) is 0 Å². The minimum Gasteiger partial charge on any atom is -0.372 e. The highest BCUT2D eigenvalue weighted by atomic mass is 32.1. The summed E-state index contributed by atoms with van der Waals surface area (Å²) in [6, 6.07) is 15.6. The minimum absolute atomic E-state index is 0.195. The standard InChI is InChI=1S/C19H21N3OS/c1-14-6-2-3-7-17(14)18(23)21-19(24)20-15-8-10-16(11-9-15)22-12-4-5-13-22/h2-3,6-11H,4-5,12-13H2,1H3,(H2,20,21,23,24). The third kappa shape index (κ3) is 3.92. The van der Waals surface area contributed by atoms with Crippen LogP contribution >= 0.6 is 12.2 Å². The van der Waals surface area contributed by atoms with E-state index in [1.807, 2.05) is 37.3 Å². The number of thiocarbonyl (C=S) groups is 1. The van der Waals surface area contributed by atoms with Gasteiger partial charge in [-0.15, -0.1) is 0 Å². The molecule has 0 aromatic heterocycles. The maximum atomic E-state index is 12.2. The smallest absolute Gasteiger partial charge is 0.257 e. The number of amides is 1. The van der Waals surface area contributed by atoms with Gasteiger partial charge in [0.05, 0.1) is 0 Å². The molecular formula is C19H21N3OS. The monoisotopic (exact) mass is 339 g/mol. The second kappa shape index (κ2) is 7.45. The van der Waals surface area contributed by atoms with Crippen molar-refractivity contribution in [1.82, 2.24) is 5.32 Å². The molecule has 0 aliphatic carbocycles. The van der Waals surface area contributed by atoms with Crippen molar-refractivity contribution >= 4 is 34.6 Å². The van der Waals surface area contributed by atoms with Crippen LogP contribution in [0, 0.1) is 6.92 Å². The van der Waals surface area contributed by atoms with Gasteiger partial charge in [0.15, 0.2) is 5.11 Å². The predicted molar refractivity (Wildman–Crippen MR) is 103 cm³/mol.